The van der Waals surface area contributed by atoms with E-state index in [-0.39, 0.29) is 4.75 Å². The number of rotatable bonds is 4. The molecular weight excluding hydrogens is 325 g/mol. The number of hydrogen-bond donors (Lipinski definition) is 0. The lowest BCUT2D eigenvalue weighted by molar-refractivity contribution is 0.358. The maximum atomic E-state index is 6.10. The summed E-state index contributed by atoms with van der Waals surface area (Å²) in [5, 5.41) is 0.616. The summed E-state index contributed by atoms with van der Waals surface area (Å²) in [5.41, 5.74) is 1.74. The minimum absolute atomic E-state index is 0.286. The minimum Gasteiger partial charge on any atom is -0.310 e. The van der Waals surface area contributed by atoms with E-state index in [0.29, 0.717) is 10.9 Å². The second-order valence-corrected chi connectivity index (χ2v) is 7.67. The Bertz CT molecular complexity index is 635. The van der Waals surface area contributed by atoms with E-state index >= 15 is 0 Å². The second-order valence-electron chi connectivity index (χ2n) is 5.69. The lowest BCUT2D eigenvalue weighted by Crippen LogP contribution is -2.33. The third kappa shape index (κ3) is 3.03. The van der Waals surface area contributed by atoms with E-state index in [1.165, 1.54) is 32.1 Å². The Balaban J connectivity index is 2.02. The molecule has 0 unspecified atom stereocenters. The van der Waals surface area contributed by atoms with Gasteiger partial charge in [0.25, 0.3) is 0 Å². The highest BCUT2D eigenvalue weighted by Gasteiger charge is 2.33. The maximum Gasteiger partial charge on any atom is 0.160 e. The third-order valence-electron chi connectivity index (χ3n) is 4.39. The smallest absolute Gasteiger partial charge is 0.160 e. The van der Waals surface area contributed by atoms with Gasteiger partial charge in [0.15, 0.2) is 5.65 Å². The molecule has 3 nitrogen and oxygen atoms in total. The molecule has 3 rings (SSSR count). The molecule has 0 radical (unpaired) electrons. The SMILES string of the molecule is CSC1(Cn2c(CCl)nc3cc(Cl)cnc32)CCCCC1. The number of pyridine rings is 1. The molecule has 1 aliphatic carbocycles. The summed E-state index contributed by atoms with van der Waals surface area (Å²) in [6.45, 7) is 0.932. The van der Waals surface area contributed by atoms with E-state index in [4.69, 9.17) is 23.2 Å². The summed E-state index contributed by atoms with van der Waals surface area (Å²) < 4.78 is 2.48. The lowest BCUT2D eigenvalue weighted by atomic mass is 9.88. The molecule has 2 aromatic rings. The zero-order valence-corrected chi connectivity index (χ0v) is 14.4. The molecule has 0 saturated heterocycles. The molecule has 6 heteroatoms. The Morgan fingerprint density at radius 3 is 2.76 bits per heavy atom. The number of alkyl halides is 1. The number of imidazole rings is 1. The Kier molecular flexibility index (Phi) is 4.67. The largest absolute Gasteiger partial charge is 0.310 e. The first-order valence-electron chi connectivity index (χ1n) is 7.29. The van der Waals surface area contributed by atoms with Crippen molar-refractivity contribution in [1.82, 2.24) is 14.5 Å². The number of nitrogens with zero attached hydrogens (tertiary/aromatic N) is 3. The van der Waals surface area contributed by atoms with Gasteiger partial charge in [-0.3, -0.25) is 0 Å². The summed E-state index contributed by atoms with van der Waals surface area (Å²) in [4.78, 5) is 9.08. The highest BCUT2D eigenvalue weighted by atomic mass is 35.5. The van der Waals surface area contributed by atoms with E-state index in [9.17, 15) is 0 Å². The van der Waals surface area contributed by atoms with Crippen molar-refractivity contribution in [2.75, 3.05) is 6.26 Å². The Hall–Kier alpha value is -0.450. The topological polar surface area (TPSA) is 30.7 Å². The molecule has 0 N–H and O–H groups in total. The van der Waals surface area contributed by atoms with Gasteiger partial charge in [0.1, 0.15) is 11.3 Å². The first kappa shape index (κ1) is 15.4. The first-order valence-corrected chi connectivity index (χ1v) is 9.43. The fourth-order valence-electron chi connectivity index (χ4n) is 3.21. The molecule has 2 aromatic heterocycles. The van der Waals surface area contributed by atoms with Crippen molar-refractivity contribution in [3.8, 4) is 0 Å². The van der Waals surface area contributed by atoms with E-state index in [2.05, 4.69) is 20.8 Å². The molecule has 0 bridgehead atoms. The van der Waals surface area contributed by atoms with Gasteiger partial charge >= 0.3 is 0 Å². The zero-order chi connectivity index (χ0) is 14.9. The molecule has 0 amide bonds. The number of hydrogen-bond acceptors (Lipinski definition) is 3. The van der Waals surface area contributed by atoms with Crippen molar-refractivity contribution in [3.05, 3.63) is 23.1 Å². The van der Waals surface area contributed by atoms with Crippen molar-refractivity contribution < 1.29 is 0 Å². The van der Waals surface area contributed by atoms with E-state index < -0.39 is 0 Å². The van der Waals surface area contributed by atoms with Crippen molar-refractivity contribution in [1.29, 1.82) is 0 Å². The third-order valence-corrected chi connectivity index (χ3v) is 6.24. The van der Waals surface area contributed by atoms with Crippen LogP contribution in [0.4, 0.5) is 0 Å². The molecule has 21 heavy (non-hydrogen) atoms. The van der Waals surface area contributed by atoms with Crippen LogP contribution in [0.25, 0.3) is 11.2 Å². The van der Waals surface area contributed by atoms with Gasteiger partial charge < -0.3 is 4.57 Å². The van der Waals surface area contributed by atoms with Gasteiger partial charge in [-0.15, -0.1) is 11.6 Å². The van der Waals surface area contributed by atoms with Crippen LogP contribution >= 0.6 is 35.0 Å². The van der Waals surface area contributed by atoms with Crippen molar-refractivity contribution in [2.24, 2.45) is 0 Å². The molecule has 0 spiro atoms. The highest BCUT2D eigenvalue weighted by molar-refractivity contribution is 8.00. The van der Waals surface area contributed by atoms with Crippen molar-refractivity contribution >= 4 is 46.1 Å². The van der Waals surface area contributed by atoms with Gasteiger partial charge in [0, 0.05) is 17.5 Å². The number of thioether (sulfide) groups is 1. The van der Waals surface area contributed by atoms with Crippen LogP contribution in [0.2, 0.25) is 5.02 Å². The average molecular weight is 344 g/mol. The number of fused-ring (bicyclic) bond motifs is 1. The molecule has 114 valence electrons. The first-order chi connectivity index (χ1) is 10.2. The lowest BCUT2D eigenvalue weighted by Gasteiger charge is -2.36. The van der Waals surface area contributed by atoms with Gasteiger partial charge in [0.05, 0.1) is 10.9 Å². The van der Waals surface area contributed by atoms with Gasteiger partial charge in [-0.1, -0.05) is 30.9 Å². The van der Waals surface area contributed by atoms with Crippen molar-refractivity contribution in [3.63, 3.8) is 0 Å². The molecule has 0 atom stereocenters. The van der Waals surface area contributed by atoms with Crippen molar-refractivity contribution in [2.45, 2.75) is 49.3 Å². The normalized spacial score (nSPS) is 18.2. The summed E-state index contributed by atoms with van der Waals surface area (Å²) in [6.07, 6.45) is 10.4. The van der Waals surface area contributed by atoms with Crippen LogP contribution < -0.4 is 0 Å². The minimum atomic E-state index is 0.286. The van der Waals surface area contributed by atoms with Crippen LogP contribution in [0, 0.1) is 0 Å². The van der Waals surface area contributed by atoms with Gasteiger partial charge in [-0.25, -0.2) is 9.97 Å². The molecule has 0 aromatic carbocycles. The van der Waals surface area contributed by atoms with Crippen LogP contribution in [0.15, 0.2) is 12.3 Å². The van der Waals surface area contributed by atoms with E-state index in [0.717, 1.165) is 23.5 Å². The summed E-state index contributed by atoms with van der Waals surface area (Å²) >= 11 is 14.1. The fraction of sp³-hybridized carbons (Fsp3) is 0.600. The molecule has 0 aliphatic heterocycles. The Morgan fingerprint density at radius 1 is 1.33 bits per heavy atom. The number of halogens is 2. The Morgan fingerprint density at radius 2 is 2.10 bits per heavy atom. The molecule has 1 aliphatic rings. The highest BCUT2D eigenvalue weighted by Crippen LogP contribution is 2.40. The quantitative estimate of drug-likeness (QED) is 0.740. The van der Waals surface area contributed by atoms with Crippen LogP contribution in [-0.4, -0.2) is 25.5 Å². The average Bonchev–Trinajstić information content (AvgIpc) is 2.85. The van der Waals surface area contributed by atoms with Gasteiger partial charge in [-0.2, -0.15) is 11.8 Å². The summed E-state index contributed by atoms with van der Waals surface area (Å²) in [6, 6.07) is 1.86. The summed E-state index contributed by atoms with van der Waals surface area (Å²) in [5.74, 6) is 1.29. The standard InChI is InChI=1S/C15H19Cl2N3S/c1-21-15(5-3-2-4-6-15)10-20-13(8-16)19-12-7-11(17)9-18-14(12)20/h7,9H,2-6,8,10H2,1H3. The monoisotopic (exact) mass is 343 g/mol. The van der Waals surface area contributed by atoms with Crippen LogP contribution in [0.3, 0.4) is 0 Å². The molecule has 2 heterocycles. The Labute approximate surface area is 139 Å². The zero-order valence-electron chi connectivity index (χ0n) is 12.1. The molecule has 1 saturated carbocycles. The maximum absolute atomic E-state index is 6.10. The van der Waals surface area contributed by atoms with Crippen LogP contribution in [-0.2, 0) is 12.4 Å². The predicted molar refractivity (Wildman–Crippen MR) is 91.4 cm³/mol. The molecular formula is C15H19Cl2N3S. The van der Waals surface area contributed by atoms with Gasteiger partial charge in [0.2, 0.25) is 0 Å². The van der Waals surface area contributed by atoms with E-state index in [1.54, 1.807) is 6.20 Å². The fourth-order valence-corrected chi connectivity index (χ4v) is 4.52. The van der Waals surface area contributed by atoms with Crippen LogP contribution in [0.5, 0.6) is 0 Å². The predicted octanol–water partition coefficient (Wildman–Crippen LogP) is 4.89. The second kappa shape index (κ2) is 6.35. The van der Waals surface area contributed by atoms with E-state index in [1.807, 2.05) is 17.8 Å². The van der Waals surface area contributed by atoms with Crippen LogP contribution in [0.1, 0.15) is 37.9 Å². The number of aromatic nitrogens is 3. The summed E-state index contributed by atoms with van der Waals surface area (Å²) in [7, 11) is 0. The molecule has 1 fully saturated rings. The van der Waals surface area contributed by atoms with Gasteiger partial charge in [-0.05, 0) is 25.2 Å².